The lowest BCUT2D eigenvalue weighted by Gasteiger charge is -2.32. The lowest BCUT2D eigenvalue weighted by molar-refractivity contribution is 0.0581. The van der Waals surface area contributed by atoms with Crippen LogP contribution in [0.4, 0.5) is 10.5 Å². The zero-order valence-electron chi connectivity index (χ0n) is 10.4. The average Bonchev–Trinajstić information content (AvgIpc) is 2.78. The zero-order valence-corrected chi connectivity index (χ0v) is 12.0. The molecular formula is C13H15BrN2O3. The SMILES string of the molecule is O=C(O)N1c2cc(Br)cnc2CC1C1CCOCC1. The first kappa shape index (κ1) is 12.9. The molecule has 0 saturated carbocycles. The van der Waals surface area contributed by atoms with Gasteiger partial charge >= 0.3 is 6.09 Å². The Labute approximate surface area is 119 Å². The number of hydrogen-bond donors (Lipinski definition) is 1. The first-order valence-corrected chi connectivity index (χ1v) is 7.20. The van der Waals surface area contributed by atoms with Crippen molar-refractivity contribution in [1.82, 2.24) is 4.98 Å². The highest BCUT2D eigenvalue weighted by molar-refractivity contribution is 9.10. The number of carbonyl (C=O) groups is 1. The van der Waals surface area contributed by atoms with Crippen molar-refractivity contribution in [3.05, 3.63) is 22.4 Å². The quantitative estimate of drug-likeness (QED) is 0.861. The molecule has 5 nitrogen and oxygen atoms in total. The molecule has 3 rings (SSSR count). The molecule has 6 heteroatoms. The van der Waals surface area contributed by atoms with Gasteiger partial charge in [-0.05, 0) is 40.8 Å². The summed E-state index contributed by atoms with van der Waals surface area (Å²) in [5, 5.41) is 9.50. The van der Waals surface area contributed by atoms with Crippen LogP contribution in [0.25, 0.3) is 0 Å². The summed E-state index contributed by atoms with van der Waals surface area (Å²) in [6.45, 7) is 1.45. The summed E-state index contributed by atoms with van der Waals surface area (Å²) in [6.07, 6.45) is 3.38. The molecule has 0 spiro atoms. The number of halogens is 1. The lowest BCUT2D eigenvalue weighted by Crippen LogP contribution is -2.43. The molecule has 102 valence electrons. The van der Waals surface area contributed by atoms with E-state index in [4.69, 9.17) is 4.74 Å². The highest BCUT2D eigenvalue weighted by Gasteiger charge is 2.40. The standard InChI is InChI=1S/C13H15BrN2O3/c14-9-5-12-10(15-7-9)6-11(16(12)13(17)18)8-1-3-19-4-2-8/h5,7-8,11H,1-4,6H2,(H,17,18). The molecule has 1 N–H and O–H groups in total. The van der Waals surface area contributed by atoms with Gasteiger partial charge in [0.25, 0.3) is 0 Å². The van der Waals surface area contributed by atoms with Crippen molar-refractivity contribution >= 4 is 27.7 Å². The van der Waals surface area contributed by atoms with Gasteiger partial charge in [-0.3, -0.25) is 9.88 Å². The summed E-state index contributed by atoms with van der Waals surface area (Å²) in [5.41, 5.74) is 1.60. The summed E-state index contributed by atoms with van der Waals surface area (Å²) in [7, 11) is 0. The Morgan fingerprint density at radius 1 is 1.47 bits per heavy atom. The van der Waals surface area contributed by atoms with Gasteiger partial charge in [-0.15, -0.1) is 0 Å². The van der Waals surface area contributed by atoms with Crippen LogP contribution in [0.1, 0.15) is 18.5 Å². The Bertz CT molecular complexity index is 503. The topological polar surface area (TPSA) is 62.7 Å². The van der Waals surface area contributed by atoms with E-state index in [1.54, 1.807) is 6.20 Å². The van der Waals surface area contributed by atoms with E-state index < -0.39 is 6.09 Å². The number of hydrogen-bond acceptors (Lipinski definition) is 3. The molecule has 1 aromatic heterocycles. The molecule has 1 saturated heterocycles. The normalized spacial score (nSPS) is 23.4. The van der Waals surface area contributed by atoms with Crippen LogP contribution in [0.3, 0.4) is 0 Å². The van der Waals surface area contributed by atoms with Crippen molar-refractivity contribution < 1.29 is 14.6 Å². The van der Waals surface area contributed by atoms with E-state index >= 15 is 0 Å². The second kappa shape index (κ2) is 5.09. The number of aromatic nitrogens is 1. The monoisotopic (exact) mass is 326 g/mol. The van der Waals surface area contributed by atoms with E-state index in [0.29, 0.717) is 12.3 Å². The van der Waals surface area contributed by atoms with Crippen LogP contribution in [0.2, 0.25) is 0 Å². The molecule has 0 aliphatic carbocycles. The number of carboxylic acid groups (broad SMARTS) is 1. The fourth-order valence-electron chi connectivity index (χ4n) is 3.01. The predicted octanol–water partition coefficient (Wildman–Crippen LogP) is 2.68. The molecule has 0 bridgehead atoms. The number of fused-ring (bicyclic) bond motifs is 1. The molecule has 1 aromatic rings. The van der Waals surface area contributed by atoms with E-state index in [0.717, 1.165) is 41.9 Å². The molecule has 3 heterocycles. The largest absolute Gasteiger partial charge is 0.465 e. The smallest absolute Gasteiger partial charge is 0.412 e. The van der Waals surface area contributed by atoms with Crippen molar-refractivity contribution in [3.8, 4) is 0 Å². The Hall–Kier alpha value is -1.14. The van der Waals surface area contributed by atoms with Gasteiger partial charge in [-0.25, -0.2) is 4.79 Å². The van der Waals surface area contributed by atoms with Crippen molar-refractivity contribution in [2.45, 2.75) is 25.3 Å². The molecule has 1 fully saturated rings. The average molecular weight is 327 g/mol. The Balaban J connectivity index is 1.92. The number of nitrogens with zero attached hydrogens (tertiary/aromatic N) is 2. The van der Waals surface area contributed by atoms with Crippen LogP contribution in [-0.4, -0.2) is 35.4 Å². The lowest BCUT2D eigenvalue weighted by atomic mass is 9.90. The zero-order chi connectivity index (χ0) is 13.4. The molecule has 1 amide bonds. The predicted molar refractivity (Wildman–Crippen MR) is 73.5 cm³/mol. The first-order valence-electron chi connectivity index (χ1n) is 6.41. The number of anilines is 1. The molecule has 0 radical (unpaired) electrons. The van der Waals surface area contributed by atoms with Crippen LogP contribution in [-0.2, 0) is 11.2 Å². The molecule has 2 aliphatic heterocycles. The van der Waals surface area contributed by atoms with Gasteiger partial charge in [0.15, 0.2) is 0 Å². The highest BCUT2D eigenvalue weighted by Crippen LogP contribution is 2.38. The summed E-state index contributed by atoms with van der Waals surface area (Å²) in [5.74, 6) is 0.359. The summed E-state index contributed by atoms with van der Waals surface area (Å²) in [6, 6.07) is 1.84. The maximum atomic E-state index is 11.6. The third-order valence-corrected chi connectivity index (χ3v) is 4.36. The first-order chi connectivity index (χ1) is 9.16. The summed E-state index contributed by atoms with van der Waals surface area (Å²) >= 11 is 3.36. The Kier molecular flexibility index (Phi) is 3.45. The minimum atomic E-state index is -0.893. The molecular weight excluding hydrogens is 312 g/mol. The second-order valence-corrected chi connectivity index (χ2v) is 5.91. The third-order valence-electron chi connectivity index (χ3n) is 3.92. The minimum Gasteiger partial charge on any atom is -0.465 e. The summed E-state index contributed by atoms with van der Waals surface area (Å²) in [4.78, 5) is 17.4. The van der Waals surface area contributed by atoms with Crippen LogP contribution < -0.4 is 4.90 Å². The molecule has 0 aromatic carbocycles. The highest BCUT2D eigenvalue weighted by atomic mass is 79.9. The van der Waals surface area contributed by atoms with Gasteiger partial charge in [0.2, 0.25) is 0 Å². The maximum Gasteiger partial charge on any atom is 0.412 e. The van der Waals surface area contributed by atoms with E-state index in [-0.39, 0.29) is 6.04 Å². The molecule has 1 atom stereocenters. The van der Waals surface area contributed by atoms with Crippen molar-refractivity contribution in [2.75, 3.05) is 18.1 Å². The van der Waals surface area contributed by atoms with Gasteiger partial charge in [-0.1, -0.05) is 0 Å². The van der Waals surface area contributed by atoms with E-state index in [1.807, 2.05) is 6.07 Å². The van der Waals surface area contributed by atoms with E-state index in [1.165, 1.54) is 4.90 Å². The fraction of sp³-hybridized carbons (Fsp3) is 0.538. The minimum absolute atomic E-state index is 0.00167. The van der Waals surface area contributed by atoms with Gasteiger partial charge in [-0.2, -0.15) is 0 Å². The van der Waals surface area contributed by atoms with Gasteiger partial charge in [0.1, 0.15) is 0 Å². The van der Waals surface area contributed by atoms with E-state index in [9.17, 15) is 9.90 Å². The van der Waals surface area contributed by atoms with Crippen LogP contribution in [0, 0.1) is 5.92 Å². The fourth-order valence-corrected chi connectivity index (χ4v) is 3.33. The second-order valence-electron chi connectivity index (χ2n) is 4.99. The van der Waals surface area contributed by atoms with Gasteiger partial charge in [0.05, 0.1) is 11.4 Å². The van der Waals surface area contributed by atoms with Crippen molar-refractivity contribution in [2.24, 2.45) is 5.92 Å². The molecule has 1 unspecified atom stereocenters. The molecule has 2 aliphatic rings. The van der Waals surface area contributed by atoms with Crippen molar-refractivity contribution in [3.63, 3.8) is 0 Å². The number of amides is 1. The summed E-state index contributed by atoms with van der Waals surface area (Å²) < 4.78 is 6.17. The number of rotatable bonds is 1. The van der Waals surface area contributed by atoms with Crippen LogP contribution in [0.15, 0.2) is 16.7 Å². The molecule has 19 heavy (non-hydrogen) atoms. The number of pyridine rings is 1. The van der Waals surface area contributed by atoms with Crippen LogP contribution in [0.5, 0.6) is 0 Å². The number of ether oxygens (including phenoxy) is 1. The maximum absolute atomic E-state index is 11.6. The third kappa shape index (κ3) is 2.34. The van der Waals surface area contributed by atoms with Crippen LogP contribution >= 0.6 is 15.9 Å². The van der Waals surface area contributed by atoms with E-state index in [2.05, 4.69) is 20.9 Å². The Morgan fingerprint density at radius 3 is 2.89 bits per heavy atom. The van der Waals surface area contributed by atoms with Gasteiger partial charge in [0, 0.05) is 36.3 Å². The van der Waals surface area contributed by atoms with Crippen molar-refractivity contribution in [1.29, 1.82) is 0 Å². The van der Waals surface area contributed by atoms with Gasteiger partial charge < -0.3 is 9.84 Å². The Morgan fingerprint density at radius 2 is 2.21 bits per heavy atom.